The number of pyridine rings is 2. The molecule has 9 heteroatoms. The first-order valence-electron chi connectivity index (χ1n) is 11.2. The predicted molar refractivity (Wildman–Crippen MR) is 120 cm³/mol. The van der Waals surface area contributed by atoms with E-state index in [-0.39, 0.29) is 18.4 Å². The van der Waals surface area contributed by atoms with E-state index < -0.39 is 18.0 Å². The van der Waals surface area contributed by atoms with Crippen molar-refractivity contribution >= 4 is 17.2 Å². The van der Waals surface area contributed by atoms with Gasteiger partial charge in [0.2, 0.25) is 0 Å². The van der Waals surface area contributed by atoms with E-state index in [1.165, 1.54) is 18.2 Å². The lowest BCUT2D eigenvalue weighted by Crippen LogP contribution is -2.17. The number of nitrogens with one attached hydrogen (secondary N) is 1. The molecule has 0 saturated heterocycles. The van der Waals surface area contributed by atoms with Crippen LogP contribution in [0, 0.1) is 5.92 Å². The number of carbonyl (C=O) groups is 1. The quantitative estimate of drug-likeness (QED) is 0.522. The van der Waals surface area contributed by atoms with Crippen molar-refractivity contribution in [1.29, 1.82) is 0 Å². The lowest BCUT2D eigenvalue weighted by molar-refractivity contribution is 0.101. The van der Waals surface area contributed by atoms with Gasteiger partial charge in [0.25, 0.3) is 12.3 Å². The third-order valence-electron chi connectivity index (χ3n) is 5.93. The number of rotatable bonds is 7. The summed E-state index contributed by atoms with van der Waals surface area (Å²) in [5, 5.41) is 12.1. The zero-order valence-electron chi connectivity index (χ0n) is 18.7. The van der Waals surface area contributed by atoms with E-state index in [1.807, 2.05) is 24.4 Å². The summed E-state index contributed by atoms with van der Waals surface area (Å²) < 4.78 is 33.7. The fourth-order valence-electron chi connectivity index (χ4n) is 4.20. The maximum Gasteiger partial charge on any atom is 0.280 e. The predicted octanol–water partition coefficient (Wildman–Crippen LogP) is 4.97. The Morgan fingerprint density at radius 3 is 2.64 bits per heavy atom. The first kappa shape index (κ1) is 23.1. The minimum atomic E-state index is -2.76. The molecule has 0 atom stereocenters. The van der Waals surface area contributed by atoms with Crippen LogP contribution in [-0.4, -0.2) is 38.1 Å². The van der Waals surface area contributed by atoms with Crippen molar-refractivity contribution in [2.75, 3.05) is 11.9 Å². The number of nitrogens with zero attached hydrogens (tertiary/aromatic N) is 3. The van der Waals surface area contributed by atoms with E-state index in [2.05, 4.69) is 10.3 Å². The molecule has 4 rings (SSSR count). The average Bonchev–Trinajstić information content (AvgIpc) is 3.21. The van der Waals surface area contributed by atoms with Gasteiger partial charge in [0.05, 0.1) is 11.8 Å². The number of hydrogen-bond acceptors (Lipinski definition) is 5. The van der Waals surface area contributed by atoms with Gasteiger partial charge >= 0.3 is 0 Å². The highest BCUT2D eigenvalue weighted by atomic mass is 19.3. The van der Waals surface area contributed by atoms with Crippen LogP contribution in [-0.2, 0) is 0 Å². The number of halogens is 2. The summed E-state index contributed by atoms with van der Waals surface area (Å²) in [6.07, 6.45) is 4.66. The fraction of sp³-hybridized carbons (Fsp3) is 0.458. The molecule has 3 aromatic heterocycles. The van der Waals surface area contributed by atoms with Gasteiger partial charge in [0, 0.05) is 31.0 Å². The van der Waals surface area contributed by atoms with Crippen LogP contribution in [0.2, 0.25) is 0 Å². The highest BCUT2D eigenvalue weighted by molar-refractivity contribution is 6.03. The molecule has 1 amide bonds. The Morgan fingerprint density at radius 2 is 1.97 bits per heavy atom. The molecule has 3 aromatic rings. The van der Waals surface area contributed by atoms with Gasteiger partial charge < -0.3 is 19.6 Å². The zero-order valence-corrected chi connectivity index (χ0v) is 18.7. The topological polar surface area (TPSA) is 88.8 Å². The summed E-state index contributed by atoms with van der Waals surface area (Å²) >= 11 is 0. The van der Waals surface area contributed by atoms with Gasteiger partial charge in [-0.3, -0.25) is 4.79 Å². The van der Waals surface area contributed by atoms with Crippen LogP contribution in [0.15, 0.2) is 36.7 Å². The first-order chi connectivity index (χ1) is 15.8. The molecular weight excluding hydrogens is 430 g/mol. The minimum Gasteiger partial charge on any atom is -0.489 e. The second-order valence-corrected chi connectivity index (χ2v) is 8.75. The lowest BCUT2D eigenvalue weighted by atomic mass is 9.81. The molecule has 2 N–H and O–H groups in total. The molecule has 0 radical (unpaired) electrons. The number of amides is 1. The summed E-state index contributed by atoms with van der Waals surface area (Å²) in [6.45, 7) is 3.98. The molecule has 176 valence electrons. The maximum atomic E-state index is 13.0. The molecule has 1 aliphatic rings. The second-order valence-electron chi connectivity index (χ2n) is 8.75. The lowest BCUT2D eigenvalue weighted by Gasteiger charge is -2.25. The van der Waals surface area contributed by atoms with Crippen LogP contribution in [0.4, 0.5) is 14.5 Å². The number of anilines is 1. The van der Waals surface area contributed by atoms with Gasteiger partial charge in [0.1, 0.15) is 28.5 Å². The van der Waals surface area contributed by atoms with E-state index >= 15 is 0 Å². The smallest absolute Gasteiger partial charge is 0.280 e. The Labute approximate surface area is 190 Å². The number of ether oxygens (including phenoxy) is 1. The molecule has 1 saturated carbocycles. The Kier molecular flexibility index (Phi) is 6.88. The number of imidazole rings is 1. The molecule has 0 aromatic carbocycles. The maximum absolute atomic E-state index is 13.0. The van der Waals surface area contributed by atoms with Gasteiger partial charge in [-0.2, -0.15) is 0 Å². The zero-order chi connectivity index (χ0) is 23.5. The monoisotopic (exact) mass is 458 g/mol. The van der Waals surface area contributed by atoms with E-state index in [0.717, 1.165) is 31.4 Å². The van der Waals surface area contributed by atoms with Crippen molar-refractivity contribution in [2.45, 2.75) is 58.0 Å². The van der Waals surface area contributed by atoms with Crippen molar-refractivity contribution in [1.82, 2.24) is 14.4 Å². The van der Waals surface area contributed by atoms with Crippen LogP contribution in [0.5, 0.6) is 5.75 Å². The Bertz CT molecular complexity index is 1120. The molecule has 0 aliphatic heterocycles. The van der Waals surface area contributed by atoms with Crippen LogP contribution >= 0.6 is 0 Å². The molecular formula is C24H28F2N4O3. The highest BCUT2D eigenvalue weighted by Crippen LogP contribution is 2.36. The van der Waals surface area contributed by atoms with E-state index in [1.54, 1.807) is 12.3 Å². The SMILES string of the molecule is CC(C)Oc1cc2nc(C3CCC(CO)CC3)cn2cc1NC(=O)c1cccc(C(F)F)n1. The molecule has 33 heavy (non-hydrogen) atoms. The number of carbonyl (C=O) groups excluding carboxylic acids is 1. The summed E-state index contributed by atoms with van der Waals surface area (Å²) in [4.78, 5) is 21.3. The molecule has 0 unspecified atom stereocenters. The van der Waals surface area contributed by atoms with Crippen molar-refractivity contribution in [3.8, 4) is 5.75 Å². The summed E-state index contributed by atoms with van der Waals surface area (Å²) in [6, 6.07) is 5.72. The average molecular weight is 459 g/mol. The second kappa shape index (κ2) is 9.82. The number of aromatic nitrogens is 3. The van der Waals surface area contributed by atoms with Crippen molar-refractivity contribution in [2.24, 2.45) is 5.92 Å². The highest BCUT2D eigenvalue weighted by Gasteiger charge is 2.24. The number of aliphatic hydroxyl groups is 1. The van der Waals surface area contributed by atoms with Gasteiger partial charge in [-0.15, -0.1) is 0 Å². The molecule has 1 fully saturated rings. The van der Waals surface area contributed by atoms with Gasteiger partial charge in [-0.05, 0) is 57.6 Å². The molecule has 7 nitrogen and oxygen atoms in total. The number of fused-ring (bicyclic) bond motifs is 1. The molecule has 3 heterocycles. The molecule has 0 bridgehead atoms. The van der Waals surface area contributed by atoms with Gasteiger partial charge in [-0.1, -0.05) is 6.07 Å². The van der Waals surface area contributed by atoms with Crippen LogP contribution in [0.1, 0.15) is 73.8 Å². The van der Waals surface area contributed by atoms with Gasteiger partial charge in [-0.25, -0.2) is 18.7 Å². The van der Waals surface area contributed by atoms with Gasteiger partial charge in [0.15, 0.2) is 0 Å². The molecule has 1 aliphatic carbocycles. The third-order valence-corrected chi connectivity index (χ3v) is 5.93. The first-order valence-corrected chi connectivity index (χ1v) is 11.2. The van der Waals surface area contributed by atoms with E-state index in [0.29, 0.717) is 28.9 Å². The minimum absolute atomic E-state index is 0.102. The largest absolute Gasteiger partial charge is 0.489 e. The van der Waals surface area contributed by atoms with Crippen molar-refractivity contribution in [3.63, 3.8) is 0 Å². The number of hydrogen-bond donors (Lipinski definition) is 2. The fourth-order valence-corrected chi connectivity index (χ4v) is 4.20. The normalized spacial score (nSPS) is 18.8. The van der Waals surface area contributed by atoms with E-state index in [9.17, 15) is 18.7 Å². The van der Waals surface area contributed by atoms with Crippen LogP contribution < -0.4 is 10.1 Å². The van der Waals surface area contributed by atoms with E-state index in [4.69, 9.17) is 9.72 Å². The number of aliphatic hydroxyl groups excluding tert-OH is 1. The Hall–Kier alpha value is -3.07. The summed E-state index contributed by atoms with van der Waals surface area (Å²) in [5.74, 6) is 0.523. The Morgan fingerprint density at radius 1 is 1.21 bits per heavy atom. The van der Waals surface area contributed by atoms with Crippen LogP contribution in [0.25, 0.3) is 5.65 Å². The molecule has 0 spiro atoms. The number of alkyl halides is 2. The third kappa shape index (κ3) is 5.30. The van der Waals surface area contributed by atoms with Crippen LogP contribution in [0.3, 0.4) is 0 Å². The van der Waals surface area contributed by atoms with Crippen molar-refractivity contribution < 1.29 is 23.4 Å². The van der Waals surface area contributed by atoms with Crippen molar-refractivity contribution in [3.05, 3.63) is 53.7 Å². The summed E-state index contributed by atoms with van der Waals surface area (Å²) in [5.41, 5.74) is 1.51. The standard InChI is InChI=1S/C24H28F2N4O3/c1-14(2)33-21-10-22-28-19(16-8-6-15(13-31)7-9-16)11-30(22)12-20(21)29-24(32)18-5-3-4-17(27-18)23(25)26/h3-5,10-12,14-16,23,31H,6-9,13H2,1-2H3,(H,29,32). The summed E-state index contributed by atoms with van der Waals surface area (Å²) in [7, 11) is 0. The Balaban J connectivity index is 1.62.